The van der Waals surface area contributed by atoms with E-state index in [-0.39, 0.29) is 6.10 Å². The van der Waals surface area contributed by atoms with E-state index in [0.717, 1.165) is 50.8 Å². The monoisotopic (exact) mass is 265 g/mol. The summed E-state index contributed by atoms with van der Waals surface area (Å²) in [5.74, 6) is 0.890. The van der Waals surface area contributed by atoms with Gasteiger partial charge in [0.25, 0.3) is 0 Å². The van der Waals surface area contributed by atoms with Gasteiger partial charge in [-0.05, 0) is 13.0 Å². The molecule has 1 aliphatic heterocycles. The summed E-state index contributed by atoms with van der Waals surface area (Å²) < 4.78 is 16.6. The lowest BCUT2D eigenvalue weighted by atomic mass is 10.1. The Kier molecular flexibility index (Phi) is 5.63. The predicted octanol–water partition coefficient (Wildman–Crippen LogP) is 2.10. The molecule has 1 fully saturated rings. The van der Waals surface area contributed by atoms with Crippen molar-refractivity contribution in [2.24, 2.45) is 0 Å². The largest absolute Gasteiger partial charge is 0.496 e. The quantitative estimate of drug-likeness (QED) is 0.788. The lowest BCUT2D eigenvalue weighted by molar-refractivity contribution is 0.00503. The van der Waals surface area contributed by atoms with Crippen molar-refractivity contribution in [1.29, 1.82) is 0 Å². The summed E-state index contributed by atoms with van der Waals surface area (Å²) in [6.07, 6.45) is 0.0530. The van der Waals surface area contributed by atoms with E-state index < -0.39 is 0 Å². The van der Waals surface area contributed by atoms with Crippen molar-refractivity contribution < 1.29 is 14.2 Å². The molecule has 2 rings (SSSR count). The van der Waals surface area contributed by atoms with Gasteiger partial charge >= 0.3 is 0 Å². The second-order valence-corrected chi connectivity index (χ2v) is 4.71. The minimum absolute atomic E-state index is 0.0530. The molecule has 1 aliphatic rings. The number of morpholine rings is 1. The molecule has 0 spiro atoms. The fourth-order valence-electron chi connectivity index (χ4n) is 2.28. The Bertz CT molecular complexity index is 377. The minimum Gasteiger partial charge on any atom is -0.496 e. The SMILES string of the molecule is COc1ccccc1C(C)OCCN1CCOCC1. The number of hydrogen-bond donors (Lipinski definition) is 0. The second kappa shape index (κ2) is 7.48. The van der Waals surface area contributed by atoms with Crippen LogP contribution in [0.4, 0.5) is 0 Å². The Morgan fingerprint density at radius 1 is 1.26 bits per heavy atom. The van der Waals surface area contributed by atoms with Crippen molar-refractivity contribution in [3.8, 4) is 5.75 Å². The Morgan fingerprint density at radius 2 is 2.00 bits per heavy atom. The van der Waals surface area contributed by atoms with Gasteiger partial charge in [0.05, 0.1) is 33.0 Å². The first kappa shape index (κ1) is 14.3. The van der Waals surface area contributed by atoms with E-state index in [2.05, 4.69) is 17.9 Å². The predicted molar refractivity (Wildman–Crippen MR) is 74.6 cm³/mol. The van der Waals surface area contributed by atoms with Gasteiger partial charge in [0.1, 0.15) is 5.75 Å². The molecule has 1 heterocycles. The Hall–Kier alpha value is -1.10. The first-order chi connectivity index (χ1) is 9.31. The van der Waals surface area contributed by atoms with E-state index in [1.807, 2.05) is 18.2 Å². The number of ether oxygens (including phenoxy) is 3. The molecular formula is C15H23NO3. The van der Waals surface area contributed by atoms with Gasteiger partial charge in [-0.3, -0.25) is 4.90 Å². The Balaban J connectivity index is 1.78. The van der Waals surface area contributed by atoms with Gasteiger partial charge in [0.2, 0.25) is 0 Å². The fourth-order valence-corrected chi connectivity index (χ4v) is 2.28. The fraction of sp³-hybridized carbons (Fsp3) is 0.600. The molecular weight excluding hydrogens is 242 g/mol. The van der Waals surface area contributed by atoms with Crippen LogP contribution in [-0.4, -0.2) is 51.5 Å². The van der Waals surface area contributed by atoms with Crippen LogP contribution in [0.1, 0.15) is 18.6 Å². The zero-order valence-electron chi connectivity index (χ0n) is 11.8. The van der Waals surface area contributed by atoms with E-state index in [0.29, 0.717) is 0 Å². The van der Waals surface area contributed by atoms with Crippen molar-refractivity contribution >= 4 is 0 Å². The highest BCUT2D eigenvalue weighted by molar-refractivity contribution is 5.34. The van der Waals surface area contributed by atoms with E-state index in [1.54, 1.807) is 7.11 Å². The number of benzene rings is 1. The average molecular weight is 265 g/mol. The van der Waals surface area contributed by atoms with Crippen LogP contribution < -0.4 is 4.74 Å². The first-order valence-corrected chi connectivity index (χ1v) is 6.86. The van der Waals surface area contributed by atoms with Gasteiger partial charge < -0.3 is 14.2 Å². The van der Waals surface area contributed by atoms with Gasteiger partial charge in [-0.25, -0.2) is 0 Å². The van der Waals surface area contributed by atoms with Gasteiger partial charge in [0.15, 0.2) is 0 Å². The lowest BCUT2D eigenvalue weighted by Crippen LogP contribution is -2.38. The van der Waals surface area contributed by atoms with Crippen LogP contribution in [0.15, 0.2) is 24.3 Å². The van der Waals surface area contributed by atoms with Crippen LogP contribution in [0, 0.1) is 0 Å². The van der Waals surface area contributed by atoms with Crippen molar-refractivity contribution in [2.75, 3.05) is 46.6 Å². The highest BCUT2D eigenvalue weighted by Crippen LogP contribution is 2.26. The zero-order valence-corrected chi connectivity index (χ0v) is 11.8. The van der Waals surface area contributed by atoms with E-state index in [4.69, 9.17) is 14.2 Å². The van der Waals surface area contributed by atoms with Crippen molar-refractivity contribution in [2.45, 2.75) is 13.0 Å². The number of para-hydroxylation sites is 1. The van der Waals surface area contributed by atoms with E-state index in [1.165, 1.54) is 0 Å². The number of rotatable bonds is 6. The maximum atomic E-state index is 5.91. The van der Waals surface area contributed by atoms with Crippen molar-refractivity contribution in [1.82, 2.24) is 4.90 Å². The average Bonchev–Trinajstić information content (AvgIpc) is 2.48. The van der Waals surface area contributed by atoms with Crippen LogP contribution in [0.5, 0.6) is 5.75 Å². The summed E-state index contributed by atoms with van der Waals surface area (Å²) in [6.45, 7) is 7.45. The maximum Gasteiger partial charge on any atom is 0.124 e. The molecule has 0 aromatic heterocycles. The summed E-state index contributed by atoms with van der Waals surface area (Å²) in [4.78, 5) is 2.37. The normalized spacial score (nSPS) is 18.2. The third-order valence-electron chi connectivity index (χ3n) is 3.46. The molecule has 0 N–H and O–H groups in total. The Labute approximate surface area is 115 Å². The molecule has 1 aromatic carbocycles. The van der Waals surface area contributed by atoms with Gasteiger partial charge in [-0.1, -0.05) is 18.2 Å². The van der Waals surface area contributed by atoms with Crippen molar-refractivity contribution in [3.63, 3.8) is 0 Å². The third kappa shape index (κ3) is 4.20. The van der Waals surface area contributed by atoms with E-state index >= 15 is 0 Å². The van der Waals surface area contributed by atoms with Crippen molar-refractivity contribution in [3.05, 3.63) is 29.8 Å². The highest BCUT2D eigenvalue weighted by Gasteiger charge is 2.13. The summed E-state index contributed by atoms with van der Waals surface area (Å²) in [6, 6.07) is 8.01. The van der Waals surface area contributed by atoms with Gasteiger partial charge in [0, 0.05) is 25.2 Å². The molecule has 19 heavy (non-hydrogen) atoms. The Morgan fingerprint density at radius 3 is 2.74 bits per heavy atom. The number of methoxy groups -OCH3 is 1. The zero-order chi connectivity index (χ0) is 13.5. The minimum atomic E-state index is 0.0530. The molecule has 1 unspecified atom stereocenters. The van der Waals surface area contributed by atoms with Crippen LogP contribution in [0.2, 0.25) is 0 Å². The molecule has 4 nitrogen and oxygen atoms in total. The lowest BCUT2D eigenvalue weighted by Gasteiger charge is -2.27. The summed E-state index contributed by atoms with van der Waals surface area (Å²) in [5, 5.41) is 0. The maximum absolute atomic E-state index is 5.91. The molecule has 0 amide bonds. The standard InChI is InChI=1S/C15H23NO3/c1-13(14-5-3-4-6-15(14)17-2)19-12-9-16-7-10-18-11-8-16/h3-6,13H,7-12H2,1-2H3. The number of hydrogen-bond acceptors (Lipinski definition) is 4. The molecule has 1 aromatic rings. The molecule has 0 saturated carbocycles. The van der Waals surface area contributed by atoms with Gasteiger partial charge in [-0.2, -0.15) is 0 Å². The molecule has 1 saturated heterocycles. The van der Waals surface area contributed by atoms with E-state index in [9.17, 15) is 0 Å². The van der Waals surface area contributed by atoms with Crippen LogP contribution in [-0.2, 0) is 9.47 Å². The molecule has 1 atom stereocenters. The molecule has 4 heteroatoms. The second-order valence-electron chi connectivity index (χ2n) is 4.71. The molecule has 0 bridgehead atoms. The highest BCUT2D eigenvalue weighted by atomic mass is 16.5. The topological polar surface area (TPSA) is 30.9 Å². The third-order valence-corrected chi connectivity index (χ3v) is 3.46. The molecule has 106 valence electrons. The number of nitrogens with zero attached hydrogens (tertiary/aromatic N) is 1. The summed E-state index contributed by atoms with van der Waals surface area (Å²) in [7, 11) is 1.69. The summed E-state index contributed by atoms with van der Waals surface area (Å²) >= 11 is 0. The van der Waals surface area contributed by atoms with Crippen LogP contribution in [0.3, 0.4) is 0 Å². The van der Waals surface area contributed by atoms with Crippen LogP contribution >= 0.6 is 0 Å². The molecule has 0 aliphatic carbocycles. The van der Waals surface area contributed by atoms with Gasteiger partial charge in [-0.15, -0.1) is 0 Å². The summed E-state index contributed by atoms with van der Waals surface area (Å²) in [5.41, 5.74) is 1.10. The smallest absolute Gasteiger partial charge is 0.124 e. The molecule has 0 radical (unpaired) electrons. The van der Waals surface area contributed by atoms with Crippen LogP contribution in [0.25, 0.3) is 0 Å². The first-order valence-electron chi connectivity index (χ1n) is 6.86.